The van der Waals surface area contributed by atoms with E-state index in [0.29, 0.717) is 0 Å². The van der Waals surface area contributed by atoms with Crippen molar-refractivity contribution in [2.75, 3.05) is 13.2 Å². The van der Waals surface area contributed by atoms with E-state index in [2.05, 4.69) is 9.47 Å². The molecule has 0 radical (unpaired) electrons. The van der Waals surface area contributed by atoms with E-state index in [1.165, 1.54) is 0 Å². The minimum atomic E-state index is -0.984. The van der Waals surface area contributed by atoms with Crippen molar-refractivity contribution >= 4 is 18.2 Å². The van der Waals surface area contributed by atoms with Gasteiger partial charge in [0, 0.05) is 0 Å². The first-order valence-corrected chi connectivity index (χ1v) is 4.01. The van der Waals surface area contributed by atoms with E-state index in [-0.39, 0.29) is 13.2 Å². The lowest BCUT2D eigenvalue weighted by Crippen LogP contribution is -2.42. The normalized spacial score (nSPS) is 8.71. The fourth-order valence-corrected chi connectivity index (χ4v) is 0.551. The predicted octanol–water partition coefficient (Wildman–Crippen LogP) is 0.599. The van der Waals surface area contributed by atoms with E-state index in [9.17, 15) is 14.4 Å². The maximum absolute atomic E-state index is 10.8. The van der Waals surface area contributed by atoms with Crippen LogP contribution in [-0.4, -0.2) is 31.4 Å². The molecule has 0 aromatic carbocycles. The number of urea groups is 1. The third kappa shape index (κ3) is 5.81. The minimum absolute atomic E-state index is 0.137. The molecule has 7 heteroatoms. The summed E-state index contributed by atoms with van der Waals surface area (Å²) in [4.78, 5) is 32.1. The second-order valence-corrected chi connectivity index (χ2v) is 2.02. The molecule has 0 aromatic heterocycles. The van der Waals surface area contributed by atoms with Crippen LogP contribution in [-0.2, 0) is 9.47 Å². The monoisotopic (exact) mass is 204 g/mol. The number of amides is 4. The topological polar surface area (TPSA) is 93.7 Å². The molecule has 0 unspecified atom stereocenters. The number of ether oxygens (including phenoxy) is 2. The molecule has 0 atom stereocenters. The van der Waals surface area contributed by atoms with Crippen LogP contribution in [0.1, 0.15) is 13.8 Å². The van der Waals surface area contributed by atoms with Gasteiger partial charge in [0.15, 0.2) is 0 Å². The first kappa shape index (κ1) is 12.2. The van der Waals surface area contributed by atoms with E-state index < -0.39 is 18.2 Å². The third-order valence-electron chi connectivity index (χ3n) is 0.982. The Hall–Kier alpha value is -1.79. The highest BCUT2D eigenvalue weighted by molar-refractivity contribution is 5.98. The van der Waals surface area contributed by atoms with E-state index in [1.54, 1.807) is 24.5 Å². The van der Waals surface area contributed by atoms with Gasteiger partial charge >= 0.3 is 18.2 Å². The SMILES string of the molecule is CCOC(=O)NC(=O)NC(=O)OCC. The highest BCUT2D eigenvalue weighted by Gasteiger charge is 2.11. The molecule has 80 valence electrons. The highest BCUT2D eigenvalue weighted by Crippen LogP contribution is 1.79. The summed E-state index contributed by atoms with van der Waals surface area (Å²) in [6, 6.07) is -0.984. The van der Waals surface area contributed by atoms with Crippen molar-refractivity contribution in [3.05, 3.63) is 0 Å². The number of alkyl carbamates (subject to hydrolysis) is 2. The Morgan fingerprint density at radius 1 is 0.929 bits per heavy atom. The number of carbonyl (C=O) groups excluding carboxylic acids is 3. The van der Waals surface area contributed by atoms with Gasteiger partial charge in [-0.1, -0.05) is 0 Å². The molecule has 0 heterocycles. The fourth-order valence-electron chi connectivity index (χ4n) is 0.551. The quantitative estimate of drug-likeness (QED) is 0.686. The summed E-state index contributed by atoms with van der Waals surface area (Å²) in [6.07, 6.45) is -1.84. The van der Waals surface area contributed by atoms with Crippen LogP contribution >= 0.6 is 0 Å². The van der Waals surface area contributed by atoms with E-state index in [4.69, 9.17) is 0 Å². The lowest BCUT2D eigenvalue weighted by Gasteiger charge is -2.04. The van der Waals surface area contributed by atoms with Crippen LogP contribution in [0.4, 0.5) is 14.4 Å². The van der Waals surface area contributed by atoms with Crippen LogP contribution < -0.4 is 10.6 Å². The summed E-state index contributed by atoms with van der Waals surface area (Å²) in [5.74, 6) is 0. The first-order valence-electron chi connectivity index (χ1n) is 4.01. The van der Waals surface area contributed by atoms with E-state index in [1.807, 2.05) is 0 Å². The van der Waals surface area contributed by atoms with Gasteiger partial charge in [0.05, 0.1) is 13.2 Å². The van der Waals surface area contributed by atoms with Crippen molar-refractivity contribution in [2.45, 2.75) is 13.8 Å². The van der Waals surface area contributed by atoms with Crippen LogP contribution in [0.2, 0.25) is 0 Å². The molecule has 0 fully saturated rings. The highest BCUT2D eigenvalue weighted by atomic mass is 16.6. The zero-order chi connectivity index (χ0) is 11.0. The van der Waals surface area contributed by atoms with Gasteiger partial charge in [0.1, 0.15) is 0 Å². The van der Waals surface area contributed by atoms with Crippen molar-refractivity contribution in [1.29, 1.82) is 0 Å². The maximum atomic E-state index is 10.8. The molecule has 0 aliphatic heterocycles. The molecule has 0 saturated heterocycles. The molecule has 0 saturated carbocycles. The van der Waals surface area contributed by atoms with Crippen LogP contribution in [0, 0.1) is 0 Å². The van der Waals surface area contributed by atoms with Crippen LogP contribution in [0.25, 0.3) is 0 Å². The van der Waals surface area contributed by atoms with Crippen molar-refractivity contribution in [3.63, 3.8) is 0 Å². The minimum Gasteiger partial charge on any atom is -0.450 e. The van der Waals surface area contributed by atoms with Gasteiger partial charge in [-0.25, -0.2) is 25.0 Å². The Labute approximate surface area is 80.7 Å². The van der Waals surface area contributed by atoms with Gasteiger partial charge in [-0.3, -0.25) is 0 Å². The molecule has 2 N–H and O–H groups in total. The Morgan fingerprint density at radius 3 is 1.57 bits per heavy atom. The molecule has 0 aliphatic carbocycles. The molecule has 0 bridgehead atoms. The molecule has 0 spiro atoms. The third-order valence-corrected chi connectivity index (χ3v) is 0.982. The Balaban J connectivity index is 3.75. The van der Waals surface area contributed by atoms with Gasteiger partial charge < -0.3 is 9.47 Å². The Morgan fingerprint density at radius 2 is 1.29 bits per heavy atom. The van der Waals surface area contributed by atoms with Gasteiger partial charge in [0.2, 0.25) is 0 Å². The summed E-state index contributed by atoms with van der Waals surface area (Å²) in [7, 11) is 0. The zero-order valence-corrected chi connectivity index (χ0v) is 7.96. The van der Waals surface area contributed by atoms with Crippen molar-refractivity contribution in [1.82, 2.24) is 10.6 Å². The van der Waals surface area contributed by atoms with Crippen molar-refractivity contribution in [2.24, 2.45) is 0 Å². The average Bonchev–Trinajstić information content (AvgIpc) is 2.03. The Kier molecular flexibility index (Phi) is 5.84. The summed E-state index contributed by atoms with van der Waals surface area (Å²) in [6.45, 7) is 3.45. The lowest BCUT2D eigenvalue weighted by molar-refractivity contribution is 0.146. The van der Waals surface area contributed by atoms with E-state index >= 15 is 0 Å². The Bertz CT molecular complexity index is 206. The van der Waals surface area contributed by atoms with Gasteiger partial charge in [-0.15, -0.1) is 0 Å². The molecule has 0 aromatic rings. The van der Waals surface area contributed by atoms with Crippen LogP contribution in [0.15, 0.2) is 0 Å². The first-order chi connectivity index (χ1) is 6.60. The number of imide groups is 2. The molecule has 4 amide bonds. The summed E-state index contributed by atoms with van der Waals surface area (Å²) >= 11 is 0. The summed E-state index contributed by atoms with van der Waals surface area (Å²) < 4.78 is 8.78. The standard InChI is InChI=1S/C7H12N2O5/c1-3-13-6(11)8-5(10)9-7(12)14-4-2/h3-4H2,1-2H3,(H2,8,9,10,11,12). The average molecular weight is 204 g/mol. The van der Waals surface area contributed by atoms with E-state index in [0.717, 1.165) is 0 Å². The van der Waals surface area contributed by atoms with Crippen LogP contribution in [0.3, 0.4) is 0 Å². The fraction of sp³-hybridized carbons (Fsp3) is 0.571. The molecule has 7 nitrogen and oxygen atoms in total. The number of hydrogen-bond acceptors (Lipinski definition) is 5. The van der Waals surface area contributed by atoms with Crippen molar-refractivity contribution in [3.8, 4) is 0 Å². The zero-order valence-electron chi connectivity index (χ0n) is 7.96. The predicted molar refractivity (Wildman–Crippen MR) is 45.7 cm³/mol. The molecular formula is C7H12N2O5. The second kappa shape index (κ2) is 6.70. The smallest absolute Gasteiger partial charge is 0.415 e. The van der Waals surface area contributed by atoms with Gasteiger partial charge in [-0.2, -0.15) is 0 Å². The number of hydrogen-bond donors (Lipinski definition) is 2. The number of rotatable bonds is 2. The van der Waals surface area contributed by atoms with Gasteiger partial charge in [-0.05, 0) is 13.8 Å². The largest absolute Gasteiger partial charge is 0.450 e. The maximum Gasteiger partial charge on any atom is 0.415 e. The van der Waals surface area contributed by atoms with Crippen molar-refractivity contribution < 1.29 is 23.9 Å². The molecule has 0 rings (SSSR count). The number of nitrogens with one attached hydrogen (secondary N) is 2. The lowest BCUT2D eigenvalue weighted by atomic mass is 10.8. The molecular weight excluding hydrogens is 192 g/mol. The number of carbonyl (C=O) groups is 3. The summed E-state index contributed by atoms with van der Waals surface area (Å²) in [5.41, 5.74) is 0. The second-order valence-electron chi connectivity index (χ2n) is 2.02. The molecule has 0 aliphatic rings. The summed E-state index contributed by atoms with van der Waals surface area (Å²) in [5, 5.41) is 3.52. The van der Waals surface area contributed by atoms with Crippen LogP contribution in [0.5, 0.6) is 0 Å². The molecule has 14 heavy (non-hydrogen) atoms. The van der Waals surface area contributed by atoms with Gasteiger partial charge in [0.25, 0.3) is 0 Å².